The van der Waals surface area contributed by atoms with Crippen molar-refractivity contribution in [2.24, 2.45) is 0 Å². The third-order valence-corrected chi connectivity index (χ3v) is 3.77. The second-order valence-corrected chi connectivity index (χ2v) is 5.34. The number of nitrogens with one attached hydrogen (secondary N) is 1. The molecule has 0 saturated heterocycles. The van der Waals surface area contributed by atoms with Crippen LogP contribution < -0.4 is 5.32 Å². The molecule has 0 aliphatic heterocycles. The molecule has 0 spiro atoms. The van der Waals surface area contributed by atoms with Gasteiger partial charge in [-0.1, -0.05) is 35.9 Å². The smallest absolute Gasteiger partial charge is 0.0890 e. The molecule has 2 aromatic carbocycles. The zero-order chi connectivity index (χ0) is 14.7. The van der Waals surface area contributed by atoms with Gasteiger partial charge < -0.3 is 5.32 Å². The van der Waals surface area contributed by atoms with E-state index >= 15 is 0 Å². The highest BCUT2D eigenvalue weighted by Gasteiger charge is 2.11. The quantitative estimate of drug-likeness (QED) is 0.794. The van der Waals surface area contributed by atoms with E-state index in [0.29, 0.717) is 0 Å². The Hall–Kier alpha value is -2.26. The number of benzene rings is 2. The number of aromatic nitrogens is 2. The molecule has 0 bridgehead atoms. The van der Waals surface area contributed by atoms with Gasteiger partial charge >= 0.3 is 0 Å². The van der Waals surface area contributed by atoms with Crippen LogP contribution in [0.1, 0.15) is 22.7 Å². The molecule has 3 nitrogen and oxygen atoms in total. The summed E-state index contributed by atoms with van der Waals surface area (Å²) in [5, 5.41) is 3.40. The SMILES string of the molecule is CNC(Cc1cccc(C)c1)c1ccc2nccnc2c1. The van der Waals surface area contributed by atoms with Crippen molar-refractivity contribution in [3.63, 3.8) is 0 Å². The van der Waals surface area contributed by atoms with Gasteiger partial charge in [-0.2, -0.15) is 0 Å². The Kier molecular flexibility index (Phi) is 3.93. The monoisotopic (exact) mass is 277 g/mol. The molecule has 0 radical (unpaired) electrons. The first-order valence-corrected chi connectivity index (χ1v) is 7.20. The summed E-state index contributed by atoms with van der Waals surface area (Å²) in [7, 11) is 2.00. The summed E-state index contributed by atoms with van der Waals surface area (Å²) in [6.07, 6.45) is 4.43. The predicted octanol–water partition coefficient (Wildman–Crippen LogP) is 3.44. The van der Waals surface area contributed by atoms with Crippen LogP contribution in [0.2, 0.25) is 0 Å². The molecule has 0 saturated carbocycles. The Balaban J connectivity index is 1.90. The lowest BCUT2D eigenvalue weighted by Crippen LogP contribution is -2.18. The van der Waals surface area contributed by atoms with Gasteiger partial charge in [-0.05, 0) is 43.7 Å². The number of hydrogen-bond donors (Lipinski definition) is 1. The fourth-order valence-corrected chi connectivity index (χ4v) is 2.66. The van der Waals surface area contributed by atoms with Crippen molar-refractivity contribution in [2.45, 2.75) is 19.4 Å². The topological polar surface area (TPSA) is 37.8 Å². The molecule has 3 heteroatoms. The predicted molar refractivity (Wildman–Crippen MR) is 86.2 cm³/mol. The Morgan fingerprint density at radius 1 is 1.00 bits per heavy atom. The summed E-state index contributed by atoms with van der Waals surface area (Å²) in [4.78, 5) is 8.71. The van der Waals surface area contributed by atoms with Gasteiger partial charge in [0.15, 0.2) is 0 Å². The van der Waals surface area contributed by atoms with Crippen LogP contribution in [0.25, 0.3) is 11.0 Å². The van der Waals surface area contributed by atoms with Gasteiger partial charge in [0.25, 0.3) is 0 Å². The maximum Gasteiger partial charge on any atom is 0.0890 e. The van der Waals surface area contributed by atoms with E-state index < -0.39 is 0 Å². The molecule has 0 aliphatic carbocycles. The van der Waals surface area contributed by atoms with Crippen molar-refractivity contribution in [1.29, 1.82) is 0 Å². The maximum atomic E-state index is 4.39. The van der Waals surface area contributed by atoms with Gasteiger partial charge in [0.2, 0.25) is 0 Å². The molecular weight excluding hydrogens is 258 g/mol. The molecule has 1 unspecified atom stereocenters. The van der Waals surface area contributed by atoms with Gasteiger partial charge in [0.1, 0.15) is 0 Å². The van der Waals surface area contributed by atoms with E-state index in [1.807, 2.05) is 13.1 Å². The molecule has 0 aliphatic rings. The van der Waals surface area contributed by atoms with Crippen LogP contribution in [0.15, 0.2) is 54.9 Å². The molecular formula is C18H19N3. The van der Waals surface area contributed by atoms with E-state index in [-0.39, 0.29) is 6.04 Å². The number of nitrogens with zero attached hydrogens (tertiary/aromatic N) is 2. The van der Waals surface area contributed by atoms with Crippen LogP contribution in [0.4, 0.5) is 0 Å². The maximum absolute atomic E-state index is 4.39. The van der Waals surface area contributed by atoms with Crippen LogP contribution in [-0.4, -0.2) is 17.0 Å². The third-order valence-electron chi connectivity index (χ3n) is 3.77. The highest BCUT2D eigenvalue weighted by Crippen LogP contribution is 2.21. The molecule has 1 aromatic heterocycles. The minimum atomic E-state index is 0.276. The molecule has 0 fully saturated rings. The van der Waals surface area contributed by atoms with Gasteiger partial charge in [0, 0.05) is 18.4 Å². The molecule has 21 heavy (non-hydrogen) atoms. The van der Waals surface area contributed by atoms with Crippen molar-refractivity contribution in [1.82, 2.24) is 15.3 Å². The van der Waals surface area contributed by atoms with Crippen LogP contribution >= 0.6 is 0 Å². The van der Waals surface area contributed by atoms with Gasteiger partial charge in [-0.3, -0.25) is 9.97 Å². The summed E-state index contributed by atoms with van der Waals surface area (Å²) in [5.74, 6) is 0. The number of aryl methyl sites for hydroxylation is 1. The Morgan fingerprint density at radius 2 is 1.81 bits per heavy atom. The van der Waals surface area contributed by atoms with Crippen molar-refractivity contribution >= 4 is 11.0 Å². The normalized spacial score (nSPS) is 12.5. The minimum absolute atomic E-state index is 0.276. The van der Waals surface area contributed by atoms with Crippen LogP contribution in [0, 0.1) is 6.92 Å². The largest absolute Gasteiger partial charge is 0.313 e. The lowest BCUT2D eigenvalue weighted by atomic mass is 9.97. The third kappa shape index (κ3) is 3.09. The number of hydrogen-bond acceptors (Lipinski definition) is 3. The zero-order valence-electron chi connectivity index (χ0n) is 12.4. The molecule has 3 aromatic rings. The standard InChI is InChI=1S/C18H19N3/c1-13-4-3-5-14(10-13)11-17(19-2)15-6-7-16-18(12-15)21-9-8-20-16/h3-10,12,17,19H,11H2,1-2H3. The lowest BCUT2D eigenvalue weighted by molar-refractivity contribution is 0.592. The summed E-state index contributed by atoms with van der Waals surface area (Å²) in [6.45, 7) is 2.13. The van der Waals surface area contributed by atoms with Crippen LogP contribution in [0.5, 0.6) is 0 Å². The number of fused-ring (bicyclic) bond motifs is 1. The summed E-state index contributed by atoms with van der Waals surface area (Å²) in [5.41, 5.74) is 5.76. The van der Waals surface area contributed by atoms with Crippen molar-refractivity contribution in [3.05, 3.63) is 71.5 Å². The highest BCUT2D eigenvalue weighted by molar-refractivity contribution is 5.74. The fourth-order valence-electron chi connectivity index (χ4n) is 2.66. The van der Waals surface area contributed by atoms with E-state index in [0.717, 1.165) is 17.5 Å². The van der Waals surface area contributed by atoms with Crippen molar-refractivity contribution in [2.75, 3.05) is 7.05 Å². The highest BCUT2D eigenvalue weighted by atomic mass is 14.9. The molecule has 0 amide bonds. The fraction of sp³-hybridized carbons (Fsp3) is 0.222. The zero-order valence-corrected chi connectivity index (χ0v) is 12.4. The second-order valence-electron chi connectivity index (χ2n) is 5.34. The molecule has 3 rings (SSSR count). The van der Waals surface area contributed by atoms with Crippen LogP contribution in [-0.2, 0) is 6.42 Å². The first kappa shape index (κ1) is 13.7. The minimum Gasteiger partial charge on any atom is -0.313 e. The van der Waals surface area contributed by atoms with Gasteiger partial charge in [-0.25, -0.2) is 0 Å². The molecule has 1 N–H and O–H groups in total. The Morgan fingerprint density at radius 3 is 2.57 bits per heavy atom. The molecule has 1 heterocycles. The van der Waals surface area contributed by atoms with E-state index in [4.69, 9.17) is 0 Å². The Bertz CT molecular complexity index is 752. The van der Waals surface area contributed by atoms with Gasteiger partial charge in [-0.15, -0.1) is 0 Å². The second kappa shape index (κ2) is 6.02. The first-order valence-electron chi connectivity index (χ1n) is 7.20. The average Bonchev–Trinajstić information content (AvgIpc) is 2.52. The van der Waals surface area contributed by atoms with Gasteiger partial charge in [0.05, 0.1) is 11.0 Å². The van der Waals surface area contributed by atoms with E-state index in [9.17, 15) is 0 Å². The van der Waals surface area contributed by atoms with Crippen molar-refractivity contribution in [3.8, 4) is 0 Å². The summed E-state index contributed by atoms with van der Waals surface area (Å²) in [6, 6.07) is 15.2. The molecule has 106 valence electrons. The summed E-state index contributed by atoms with van der Waals surface area (Å²) < 4.78 is 0. The van der Waals surface area contributed by atoms with E-state index in [1.165, 1.54) is 16.7 Å². The van der Waals surface area contributed by atoms with Crippen molar-refractivity contribution < 1.29 is 0 Å². The number of rotatable bonds is 4. The van der Waals surface area contributed by atoms with Crippen LogP contribution in [0.3, 0.4) is 0 Å². The summed E-state index contributed by atoms with van der Waals surface area (Å²) >= 11 is 0. The number of likely N-dealkylation sites (N-methyl/N-ethyl adjacent to an activating group) is 1. The first-order chi connectivity index (χ1) is 10.3. The Labute approximate surface area is 125 Å². The van der Waals surface area contributed by atoms with E-state index in [1.54, 1.807) is 12.4 Å². The lowest BCUT2D eigenvalue weighted by Gasteiger charge is -2.17. The average molecular weight is 277 g/mol. The van der Waals surface area contributed by atoms with E-state index in [2.05, 4.69) is 58.6 Å². The molecule has 1 atom stereocenters.